The monoisotopic (exact) mass is 371 g/mol. The fourth-order valence-corrected chi connectivity index (χ4v) is 3.22. The Hall–Kier alpha value is -2.44. The molecule has 0 atom stereocenters. The Morgan fingerprint density at radius 1 is 1.19 bits per heavy atom. The Kier molecular flexibility index (Phi) is 6.08. The molecule has 1 aliphatic heterocycles. The fraction of sp³-hybridized carbons (Fsp3) is 0.381. The smallest absolute Gasteiger partial charge is 0.255 e. The van der Waals surface area contributed by atoms with Crippen LogP contribution in [0.4, 0.5) is 15.8 Å². The highest BCUT2D eigenvalue weighted by Gasteiger charge is 2.17. The molecule has 144 valence electrons. The Morgan fingerprint density at radius 3 is 2.59 bits per heavy atom. The summed E-state index contributed by atoms with van der Waals surface area (Å²) in [5.41, 5.74) is 3.72. The minimum atomic E-state index is -0.387. The van der Waals surface area contributed by atoms with Crippen LogP contribution in [-0.2, 0) is 11.3 Å². The average molecular weight is 371 g/mol. The Labute approximate surface area is 159 Å². The number of benzene rings is 2. The Bertz CT molecular complexity index is 817. The van der Waals surface area contributed by atoms with Gasteiger partial charge in [-0.3, -0.25) is 4.79 Å². The third kappa shape index (κ3) is 4.84. The highest BCUT2D eigenvalue weighted by Crippen LogP contribution is 2.23. The summed E-state index contributed by atoms with van der Waals surface area (Å²) in [7, 11) is 3.96. The van der Waals surface area contributed by atoms with Crippen molar-refractivity contribution in [2.75, 3.05) is 50.6 Å². The number of ether oxygens (including phenoxy) is 1. The molecular weight excluding hydrogens is 345 g/mol. The SMILES string of the molecule is Cc1ccc(NC(=O)c2ccc(N3CCOCC3)c(F)c2)c(CN(C)C)c1. The third-order valence-corrected chi connectivity index (χ3v) is 4.56. The zero-order valence-electron chi connectivity index (χ0n) is 16.1. The predicted molar refractivity (Wildman–Crippen MR) is 106 cm³/mol. The van der Waals surface area contributed by atoms with Gasteiger partial charge in [0, 0.05) is 30.9 Å². The van der Waals surface area contributed by atoms with Crippen LogP contribution >= 0.6 is 0 Å². The van der Waals surface area contributed by atoms with Crippen LogP contribution in [-0.4, -0.2) is 51.2 Å². The van der Waals surface area contributed by atoms with Gasteiger partial charge in [-0.2, -0.15) is 0 Å². The molecule has 1 fully saturated rings. The molecule has 0 saturated carbocycles. The van der Waals surface area contributed by atoms with Gasteiger partial charge in [0.1, 0.15) is 5.82 Å². The summed E-state index contributed by atoms with van der Waals surface area (Å²) in [6, 6.07) is 10.5. The largest absolute Gasteiger partial charge is 0.378 e. The minimum Gasteiger partial charge on any atom is -0.378 e. The Morgan fingerprint density at radius 2 is 1.93 bits per heavy atom. The van der Waals surface area contributed by atoms with Crippen molar-refractivity contribution in [2.24, 2.45) is 0 Å². The standard InChI is InChI=1S/C21H26FN3O2/c1-15-4-6-19(17(12-15)14-24(2)3)23-21(26)16-5-7-20(18(22)13-16)25-8-10-27-11-9-25/h4-7,12-13H,8-11,14H2,1-3H3,(H,23,26). The lowest BCUT2D eigenvalue weighted by Gasteiger charge is -2.29. The van der Waals surface area contributed by atoms with E-state index in [-0.39, 0.29) is 11.7 Å². The number of hydrogen-bond donors (Lipinski definition) is 1. The molecule has 0 unspecified atom stereocenters. The molecule has 1 N–H and O–H groups in total. The van der Waals surface area contributed by atoms with E-state index in [1.54, 1.807) is 12.1 Å². The molecule has 2 aromatic carbocycles. The first-order valence-corrected chi connectivity index (χ1v) is 9.12. The normalized spacial score (nSPS) is 14.5. The first-order valence-electron chi connectivity index (χ1n) is 9.12. The maximum absolute atomic E-state index is 14.6. The van der Waals surface area contributed by atoms with Gasteiger partial charge in [0.2, 0.25) is 0 Å². The molecule has 0 bridgehead atoms. The van der Waals surface area contributed by atoms with Crippen molar-refractivity contribution < 1.29 is 13.9 Å². The molecule has 1 heterocycles. The number of aryl methyl sites for hydroxylation is 1. The summed E-state index contributed by atoms with van der Waals surface area (Å²) < 4.78 is 19.9. The molecule has 6 heteroatoms. The van der Waals surface area contributed by atoms with Crippen LogP contribution in [0.5, 0.6) is 0 Å². The first kappa shape index (κ1) is 19.3. The number of halogens is 1. The zero-order chi connectivity index (χ0) is 19.4. The van der Waals surface area contributed by atoms with Gasteiger partial charge in [0.25, 0.3) is 5.91 Å². The quantitative estimate of drug-likeness (QED) is 0.876. The van der Waals surface area contributed by atoms with Crippen molar-refractivity contribution in [1.29, 1.82) is 0 Å². The summed E-state index contributed by atoms with van der Waals surface area (Å²) in [6.45, 7) is 5.21. The molecule has 0 radical (unpaired) electrons. The highest BCUT2D eigenvalue weighted by atomic mass is 19.1. The van der Waals surface area contributed by atoms with Gasteiger partial charge in [0.15, 0.2) is 0 Å². The molecule has 3 rings (SSSR count). The maximum atomic E-state index is 14.6. The van der Waals surface area contributed by atoms with Crippen molar-refractivity contribution in [3.63, 3.8) is 0 Å². The molecule has 1 aliphatic rings. The van der Waals surface area contributed by atoms with Gasteiger partial charge in [-0.25, -0.2) is 4.39 Å². The van der Waals surface area contributed by atoms with Gasteiger partial charge in [0.05, 0.1) is 18.9 Å². The van der Waals surface area contributed by atoms with E-state index in [2.05, 4.69) is 11.4 Å². The van der Waals surface area contributed by atoms with Crippen LogP contribution in [0.3, 0.4) is 0 Å². The lowest BCUT2D eigenvalue weighted by atomic mass is 10.1. The molecule has 2 aromatic rings. The lowest BCUT2D eigenvalue weighted by Crippen LogP contribution is -2.36. The van der Waals surface area contributed by atoms with E-state index in [0.717, 1.165) is 16.8 Å². The minimum absolute atomic E-state index is 0.306. The first-order chi connectivity index (χ1) is 12.9. The molecule has 0 spiro atoms. The van der Waals surface area contributed by atoms with Crippen molar-refractivity contribution >= 4 is 17.3 Å². The second-order valence-corrected chi connectivity index (χ2v) is 7.12. The van der Waals surface area contributed by atoms with Crippen molar-refractivity contribution in [3.05, 3.63) is 58.9 Å². The van der Waals surface area contributed by atoms with E-state index in [1.165, 1.54) is 6.07 Å². The molecule has 1 amide bonds. The Balaban J connectivity index is 1.77. The summed E-state index contributed by atoms with van der Waals surface area (Å²) in [5.74, 6) is -0.701. The predicted octanol–water partition coefficient (Wildman–Crippen LogP) is 3.28. The lowest BCUT2D eigenvalue weighted by molar-refractivity contribution is 0.102. The number of nitrogens with one attached hydrogen (secondary N) is 1. The average Bonchev–Trinajstić information content (AvgIpc) is 2.64. The van der Waals surface area contributed by atoms with Crippen LogP contribution in [0.15, 0.2) is 36.4 Å². The van der Waals surface area contributed by atoms with Gasteiger partial charge in [-0.05, 0) is 50.8 Å². The molecule has 0 aliphatic carbocycles. The van der Waals surface area contributed by atoms with E-state index in [9.17, 15) is 9.18 Å². The number of hydrogen-bond acceptors (Lipinski definition) is 4. The van der Waals surface area contributed by atoms with E-state index < -0.39 is 0 Å². The maximum Gasteiger partial charge on any atom is 0.255 e. The van der Waals surface area contributed by atoms with Crippen LogP contribution in [0.25, 0.3) is 0 Å². The summed E-state index contributed by atoms with van der Waals surface area (Å²) in [4.78, 5) is 16.6. The highest BCUT2D eigenvalue weighted by molar-refractivity contribution is 6.04. The third-order valence-electron chi connectivity index (χ3n) is 4.56. The van der Waals surface area contributed by atoms with Crippen LogP contribution in [0.2, 0.25) is 0 Å². The van der Waals surface area contributed by atoms with Gasteiger partial charge in [-0.15, -0.1) is 0 Å². The topological polar surface area (TPSA) is 44.8 Å². The number of carbonyl (C=O) groups excluding carboxylic acids is 1. The molecule has 1 saturated heterocycles. The summed E-state index contributed by atoms with van der Waals surface area (Å²) >= 11 is 0. The second kappa shape index (κ2) is 8.50. The number of carbonyl (C=O) groups is 1. The van der Waals surface area contributed by atoms with Crippen LogP contribution < -0.4 is 10.2 Å². The van der Waals surface area contributed by atoms with E-state index in [0.29, 0.717) is 44.1 Å². The number of amides is 1. The zero-order valence-corrected chi connectivity index (χ0v) is 16.1. The van der Waals surface area contributed by atoms with Crippen LogP contribution in [0.1, 0.15) is 21.5 Å². The molecule has 27 heavy (non-hydrogen) atoms. The number of nitrogens with zero attached hydrogens (tertiary/aromatic N) is 2. The van der Waals surface area contributed by atoms with Gasteiger partial charge < -0.3 is 19.9 Å². The summed E-state index contributed by atoms with van der Waals surface area (Å²) in [5, 5.41) is 2.92. The van der Waals surface area contributed by atoms with Crippen molar-refractivity contribution in [1.82, 2.24) is 4.90 Å². The number of morpholine rings is 1. The van der Waals surface area contributed by atoms with Crippen LogP contribution in [0, 0.1) is 12.7 Å². The van der Waals surface area contributed by atoms with E-state index in [1.807, 2.05) is 43.0 Å². The van der Waals surface area contributed by atoms with E-state index in [4.69, 9.17) is 4.74 Å². The van der Waals surface area contributed by atoms with Crippen molar-refractivity contribution in [2.45, 2.75) is 13.5 Å². The van der Waals surface area contributed by atoms with E-state index >= 15 is 0 Å². The molecular formula is C21H26FN3O2. The van der Waals surface area contributed by atoms with Crippen molar-refractivity contribution in [3.8, 4) is 0 Å². The number of anilines is 2. The summed E-state index contributed by atoms with van der Waals surface area (Å²) in [6.07, 6.45) is 0. The molecule has 0 aromatic heterocycles. The number of rotatable bonds is 5. The van der Waals surface area contributed by atoms with Gasteiger partial charge in [-0.1, -0.05) is 17.7 Å². The molecule has 5 nitrogen and oxygen atoms in total. The fourth-order valence-electron chi connectivity index (χ4n) is 3.22. The van der Waals surface area contributed by atoms with Gasteiger partial charge >= 0.3 is 0 Å². The second-order valence-electron chi connectivity index (χ2n) is 7.12.